The maximum Gasteiger partial charge on any atom is 0.358 e. The summed E-state index contributed by atoms with van der Waals surface area (Å²) in [5.74, 6) is -0.954. The van der Waals surface area contributed by atoms with Gasteiger partial charge >= 0.3 is 5.97 Å². The highest BCUT2D eigenvalue weighted by atomic mass is 35.5. The zero-order valence-electron chi connectivity index (χ0n) is 18.0. The van der Waals surface area contributed by atoms with Crippen LogP contribution in [-0.4, -0.2) is 62.2 Å². The molecule has 0 bridgehead atoms. The Morgan fingerprint density at radius 2 is 1.96 bits per heavy atom. The second kappa shape index (κ2) is 8.05. The fraction of sp³-hybridized carbons (Fsp3) is 0.684. The van der Waals surface area contributed by atoms with Crippen LogP contribution in [0.4, 0.5) is 0 Å². The van der Waals surface area contributed by atoms with Gasteiger partial charge in [-0.05, 0) is 25.1 Å². The monoisotopic (exact) mass is 446 g/mol. The molecule has 6 nitrogen and oxygen atoms in total. The maximum absolute atomic E-state index is 13.0. The minimum atomic E-state index is -2.01. The first-order valence-corrected chi connectivity index (χ1v) is 13.4. The van der Waals surface area contributed by atoms with Gasteiger partial charge in [-0.1, -0.05) is 50.7 Å². The smallest absolute Gasteiger partial charge is 0.358 e. The Morgan fingerprint density at radius 1 is 1.39 bits per heavy atom. The number of rotatable bonds is 7. The van der Waals surface area contributed by atoms with Gasteiger partial charge in [0.05, 0.1) is 12.0 Å². The average molecular weight is 447 g/mol. The van der Waals surface area contributed by atoms with E-state index in [0.29, 0.717) is 5.03 Å². The van der Waals surface area contributed by atoms with Crippen LogP contribution < -0.4 is 0 Å². The third kappa shape index (κ3) is 4.29. The van der Waals surface area contributed by atoms with E-state index in [1.165, 1.54) is 16.7 Å². The molecule has 0 aromatic heterocycles. The van der Waals surface area contributed by atoms with Gasteiger partial charge in [0, 0.05) is 19.1 Å². The summed E-state index contributed by atoms with van der Waals surface area (Å²) in [5, 5.41) is 0.839. The summed E-state index contributed by atoms with van der Waals surface area (Å²) in [6.45, 7) is 16.3. The van der Waals surface area contributed by atoms with Crippen molar-refractivity contribution in [1.82, 2.24) is 9.80 Å². The van der Waals surface area contributed by atoms with Gasteiger partial charge in [-0.3, -0.25) is 9.69 Å². The fourth-order valence-electron chi connectivity index (χ4n) is 2.99. The molecule has 2 heterocycles. The van der Waals surface area contributed by atoms with E-state index in [-0.39, 0.29) is 45.7 Å². The third-order valence-corrected chi connectivity index (χ3v) is 11.7. The van der Waals surface area contributed by atoms with Crippen LogP contribution in [0.25, 0.3) is 0 Å². The molecule has 0 N–H and O–H groups in total. The van der Waals surface area contributed by atoms with Gasteiger partial charge < -0.3 is 14.1 Å². The van der Waals surface area contributed by atoms with Crippen LogP contribution in [0.3, 0.4) is 0 Å². The lowest BCUT2D eigenvalue weighted by atomic mass is 9.92. The Kier molecular flexibility index (Phi) is 6.70. The van der Waals surface area contributed by atoms with Crippen LogP contribution >= 0.6 is 23.4 Å². The molecule has 3 atom stereocenters. The lowest BCUT2D eigenvalue weighted by molar-refractivity contribution is -0.157. The Balaban J connectivity index is 2.19. The van der Waals surface area contributed by atoms with Crippen molar-refractivity contribution >= 4 is 43.6 Å². The SMILES string of the molecule is C=C(Cl)COC(=O)C1=C(N(C)C)S[C@@H]2[C@@H]([C@H](C)O[Si](C)(C)C(C)(C)C)C(=O)N12. The molecule has 0 spiro atoms. The van der Waals surface area contributed by atoms with Crippen LogP contribution in [0.15, 0.2) is 22.3 Å². The van der Waals surface area contributed by atoms with Crippen molar-refractivity contribution in [2.45, 2.75) is 57.3 Å². The number of ether oxygens (including phenoxy) is 1. The molecule has 1 fully saturated rings. The maximum atomic E-state index is 13.0. The molecule has 9 heteroatoms. The largest absolute Gasteiger partial charge is 0.455 e. The fourth-order valence-corrected chi connectivity index (χ4v) is 6.00. The molecule has 158 valence electrons. The van der Waals surface area contributed by atoms with Crippen LogP contribution in [0.1, 0.15) is 27.7 Å². The number of β-lactam (4-membered cyclic amide) rings is 1. The van der Waals surface area contributed by atoms with Crippen molar-refractivity contribution in [3.8, 4) is 0 Å². The molecule has 0 aliphatic carbocycles. The third-order valence-electron chi connectivity index (χ3n) is 5.51. The van der Waals surface area contributed by atoms with Crippen molar-refractivity contribution in [1.29, 1.82) is 0 Å². The number of thioether (sulfide) groups is 1. The summed E-state index contributed by atoms with van der Waals surface area (Å²) < 4.78 is 11.7. The molecule has 2 aliphatic rings. The van der Waals surface area contributed by atoms with Gasteiger partial charge in [0.25, 0.3) is 0 Å². The van der Waals surface area contributed by atoms with E-state index in [1.54, 1.807) is 0 Å². The van der Waals surface area contributed by atoms with Crippen LogP contribution in [0.2, 0.25) is 18.1 Å². The zero-order valence-corrected chi connectivity index (χ0v) is 20.5. The lowest BCUT2D eigenvalue weighted by Gasteiger charge is -2.48. The molecule has 0 saturated carbocycles. The van der Waals surface area contributed by atoms with E-state index in [9.17, 15) is 9.59 Å². The second-order valence-corrected chi connectivity index (χ2v) is 15.4. The number of carbonyl (C=O) groups excluding carboxylic acids is 2. The summed E-state index contributed by atoms with van der Waals surface area (Å²) in [6, 6.07) is 0. The molecular formula is C19H31ClN2O4SSi. The molecule has 1 saturated heterocycles. The van der Waals surface area contributed by atoms with Gasteiger partial charge in [0.2, 0.25) is 5.91 Å². The van der Waals surface area contributed by atoms with Gasteiger partial charge in [-0.2, -0.15) is 0 Å². The van der Waals surface area contributed by atoms with Crippen LogP contribution in [0, 0.1) is 5.92 Å². The number of hydrogen-bond acceptors (Lipinski definition) is 6. The number of nitrogens with zero attached hydrogens (tertiary/aromatic N) is 2. The minimum absolute atomic E-state index is 0.0581. The van der Waals surface area contributed by atoms with E-state index < -0.39 is 14.3 Å². The van der Waals surface area contributed by atoms with Crippen molar-refractivity contribution in [2.75, 3.05) is 20.7 Å². The number of hydrogen-bond donors (Lipinski definition) is 0. The molecule has 0 aromatic rings. The van der Waals surface area contributed by atoms with E-state index in [2.05, 4.69) is 40.4 Å². The van der Waals surface area contributed by atoms with Crippen molar-refractivity contribution in [2.24, 2.45) is 5.92 Å². The predicted molar refractivity (Wildman–Crippen MR) is 116 cm³/mol. The average Bonchev–Trinajstić information content (AvgIpc) is 2.86. The van der Waals surface area contributed by atoms with E-state index in [4.69, 9.17) is 20.8 Å². The number of halogens is 1. The first-order valence-electron chi connectivity index (χ1n) is 9.28. The molecular weight excluding hydrogens is 416 g/mol. The lowest BCUT2D eigenvalue weighted by Crippen LogP contribution is -2.62. The van der Waals surface area contributed by atoms with Crippen molar-refractivity contribution in [3.63, 3.8) is 0 Å². The zero-order chi connectivity index (χ0) is 21.6. The van der Waals surface area contributed by atoms with Crippen LogP contribution in [-0.2, 0) is 18.8 Å². The minimum Gasteiger partial charge on any atom is -0.455 e. The van der Waals surface area contributed by atoms with Crippen molar-refractivity contribution < 1.29 is 18.8 Å². The van der Waals surface area contributed by atoms with Crippen molar-refractivity contribution in [3.05, 3.63) is 22.3 Å². The summed E-state index contributed by atoms with van der Waals surface area (Å²) >= 11 is 7.20. The van der Waals surface area contributed by atoms with Gasteiger partial charge in [0.1, 0.15) is 17.0 Å². The summed E-state index contributed by atoms with van der Waals surface area (Å²) in [5.41, 5.74) is 0.277. The summed E-state index contributed by atoms with van der Waals surface area (Å²) in [7, 11) is 1.68. The molecule has 28 heavy (non-hydrogen) atoms. The Bertz CT molecular complexity index is 717. The predicted octanol–water partition coefficient (Wildman–Crippen LogP) is 3.95. The van der Waals surface area contributed by atoms with Gasteiger partial charge in [-0.25, -0.2) is 4.79 Å². The highest BCUT2D eigenvalue weighted by molar-refractivity contribution is 8.04. The molecule has 2 rings (SSSR count). The Hall–Kier alpha value is -0.963. The molecule has 0 unspecified atom stereocenters. The Labute approximate surface area is 178 Å². The summed E-state index contributed by atoms with van der Waals surface area (Å²) in [4.78, 5) is 29.0. The molecule has 1 amide bonds. The standard InChI is InChI=1S/C19H31ClN2O4SSi/c1-11(20)10-25-18(24)14-17(21(6)7)27-16-13(15(23)22(14)16)12(2)26-28(8,9)19(3,4)5/h12-13,16H,1,10H2,2-9H3/t12-,13-,16+/m0/s1. The second-order valence-electron chi connectivity index (χ2n) is 8.97. The topological polar surface area (TPSA) is 59.1 Å². The normalized spacial score (nSPS) is 23.3. The first-order chi connectivity index (χ1) is 12.7. The number of amides is 1. The molecule has 0 radical (unpaired) electrons. The van der Waals surface area contributed by atoms with Crippen LogP contribution in [0.5, 0.6) is 0 Å². The summed E-state index contributed by atoms with van der Waals surface area (Å²) in [6.07, 6.45) is -0.219. The van der Waals surface area contributed by atoms with Gasteiger partial charge in [0.15, 0.2) is 14.0 Å². The van der Waals surface area contributed by atoms with E-state index in [0.717, 1.165) is 0 Å². The van der Waals surface area contributed by atoms with E-state index in [1.807, 2.05) is 25.9 Å². The quantitative estimate of drug-likeness (QED) is 0.335. The molecule has 0 aromatic carbocycles. The number of carbonyl (C=O) groups is 2. The Morgan fingerprint density at radius 3 is 2.43 bits per heavy atom. The number of esters is 1. The highest BCUT2D eigenvalue weighted by Gasteiger charge is 2.59. The first kappa shape index (κ1) is 23.3. The molecule has 2 aliphatic heterocycles. The van der Waals surface area contributed by atoms with Gasteiger partial charge in [-0.15, -0.1) is 0 Å². The number of fused-ring (bicyclic) bond motifs is 1. The highest BCUT2D eigenvalue weighted by Crippen LogP contribution is 2.52. The van der Waals surface area contributed by atoms with E-state index >= 15 is 0 Å².